The predicted octanol–water partition coefficient (Wildman–Crippen LogP) is 1.25. The number of likely N-dealkylation sites (tertiary alicyclic amines) is 1. The van der Waals surface area contributed by atoms with Crippen LogP contribution in [0.15, 0.2) is 12.4 Å². The van der Waals surface area contributed by atoms with Crippen molar-refractivity contribution >= 4 is 17.5 Å². The third-order valence-corrected chi connectivity index (χ3v) is 2.54. The minimum absolute atomic E-state index is 0.459. The average molecular weight is 213 g/mol. The van der Waals surface area contributed by atoms with Gasteiger partial charge >= 0.3 is 0 Å². The molecule has 1 aromatic heterocycles. The van der Waals surface area contributed by atoms with E-state index in [9.17, 15) is 0 Å². The molecule has 1 atom stereocenters. The zero-order valence-electron chi connectivity index (χ0n) is 8.07. The van der Waals surface area contributed by atoms with Gasteiger partial charge in [-0.2, -0.15) is 0 Å². The van der Waals surface area contributed by atoms with E-state index in [-0.39, 0.29) is 0 Å². The molecule has 1 N–H and O–H groups in total. The maximum Gasteiger partial charge on any atom is 0.222 e. The molecule has 5 heteroatoms. The molecule has 0 unspecified atom stereocenters. The molecular weight excluding hydrogens is 200 g/mol. The smallest absolute Gasteiger partial charge is 0.222 e. The Morgan fingerprint density at radius 1 is 1.50 bits per heavy atom. The molecule has 0 aliphatic carbocycles. The van der Waals surface area contributed by atoms with Gasteiger partial charge in [0, 0.05) is 12.6 Å². The third kappa shape index (κ3) is 2.33. The van der Waals surface area contributed by atoms with E-state index in [4.69, 9.17) is 11.6 Å². The Labute approximate surface area is 88.3 Å². The highest BCUT2D eigenvalue weighted by atomic mass is 35.5. The summed E-state index contributed by atoms with van der Waals surface area (Å²) in [5.41, 5.74) is 0. The van der Waals surface area contributed by atoms with Crippen molar-refractivity contribution in [3.05, 3.63) is 17.4 Å². The lowest BCUT2D eigenvalue weighted by Gasteiger charge is -2.11. The van der Waals surface area contributed by atoms with E-state index < -0.39 is 0 Å². The zero-order chi connectivity index (χ0) is 9.97. The molecule has 2 rings (SSSR count). The number of likely N-dealkylation sites (N-methyl/N-ethyl adjacent to an activating group) is 1. The largest absolute Gasteiger partial charge is 0.350 e. The SMILES string of the molecule is CN1CC[C@@H](Nc2ncc(Cl)cn2)C1. The van der Waals surface area contributed by atoms with Gasteiger partial charge in [0.25, 0.3) is 0 Å². The molecular formula is C9H13ClN4. The van der Waals surface area contributed by atoms with Gasteiger partial charge in [-0.3, -0.25) is 0 Å². The Hall–Kier alpha value is -0.870. The second kappa shape index (κ2) is 4.11. The Kier molecular flexibility index (Phi) is 2.84. The van der Waals surface area contributed by atoms with Crippen LogP contribution in [0.5, 0.6) is 0 Å². The number of nitrogens with one attached hydrogen (secondary N) is 1. The van der Waals surface area contributed by atoms with Crippen LogP contribution in [-0.4, -0.2) is 41.0 Å². The van der Waals surface area contributed by atoms with Crippen LogP contribution in [0.2, 0.25) is 5.02 Å². The van der Waals surface area contributed by atoms with E-state index in [0.717, 1.165) is 19.5 Å². The minimum atomic E-state index is 0.459. The number of rotatable bonds is 2. The Balaban J connectivity index is 1.94. The molecule has 0 aromatic carbocycles. The number of aromatic nitrogens is 2. The molecule has 4 nitrogen and oxygen atoms in total. The normalized spacial score (nSPS) is 22.6. The first-order chi connectivity index (χ1) is 6.74. The van der Waals surface area contributed by atoms with Gasteiger partial charge in [0.1, 0.15) is 0 Å². The summed E-state index contributed by atoms with van der Waals surface area (Å²) in [5.74, 6) is 0.662. The topological polar surface area (TPSA) is 41.0 Å². The number of hydrogen-bond acceptors (Lipinski definition) is 4. The molecule has 0 radical (unpaired) electrons. The average Bonchev–Trinajstić information content (AvgIpc) is 2.56. The van der Waals surface area contributed by atoms with E-state index in [1.807, 2.05) is 0 Å². The van der Waals surface area contributed by atoms with Crippen LogP contribution in [0.3, 0.4) is 0 Å². The van der Waals surface area contributed by atoms with Crippen molar-refractivity contribution in [2.24, 2.45) is 0 Å². The fraction of sp³-hybridized carbons (Fsp3) is 0.556. The number of hydrogen-bond donors (Lipinski definition) is 1. The quantitative estimate of drug-likeness (QED) is 0.801. The Morgan fingerprint density at radius 2 is 2.21 bits per heavy atom. The molecule has 0 spiro atoms. The molecule has 0 bridgehead atoms. The first-order valence-corrected chi connectivity index (χ1v) is 5.04. The van der Waals surface area contributed by atoms with E-state index >= 15 is 0 Å². The van der Waals surface area contributed by atoms with Crippen molar-refractivity contribution in [3.63, 3.8) is 0 Å². The van der Waals surface area contributed by atoms with Gasteiger partial charge in [-0.25, -0.2) is 9.97 Å². The number of nitrogens with zero attached hydrogens (tertiary/aromatic N) is 3. The van der Waals surface area contributed by atoms with Crippen LogP contribution in [-0.2, 0) is 0 Å². The van der Waals surface area contributed by atoms with Crippen molar-refractivity contribution in [3.8, 4) is 0 Å². The van der Waals surface area contributed by atoms with Gasteiger partial charge < -0.3 is 10.2 Å². The number of halogens is 1. The molecule has 0 saturated carbocycles. The second-order valence-electron chi connectivity index (χ2n) is 3.62. The third-order valence-electron chi connectivity index (χ3n) is 2.34. The monoisotopic (exact) mass is 212 g/mol. The molecule has 1 aliphatic rings. The van der Waals surface area contributed by atoms with Crippen LogP contribution < -0.4 is 5.32 Å². The molecule has 0 amide bonds. The van der Waals surface area contributed by atoms with Crippen molar-refractivity contribution in [1.82, 2.24) is 14.9 Å². The van der Waals surface area contributed by atoms with Crippen LogP contribution in [0.4, 0.5) is 5.95 Å². The Bertz CT molecular complexity index is 300. The Morgan fingerprint density at radius 3 is 2.79 bits per heavy atom. The lowest BCUT2D eigenvalue weighted by atomic mass is 10.3. The molecule has 76 valence electrons. The summed E-state index contributed by atoms with van der Waals surface area (Å²) in [6.45, 7) is 2.18. The maximum absolute atomic E-state index is 5.69. The van der Waals surface area contributed by atoms with Crippen LogP contribution in [0.1, 0.15) is 6.42 Å². The standard InChI is InChI=1S/C9H13ClN4/c1-14-3-2-8(6-14)13-9-11-4-7(10)5-12-9/h4-5,8H,2-3,6H2,1H3,(H,11,12,13)/t8-/m1/s1. The highest BCUT2D eigenvalue weighted by Gasteiger charge is 2.19. The van der Waals surface area contributed by atoms with Crippen LogP contribution in [0, 0.1) is 0 Å². The maximum atomic E-state index is 5.69. The molecule has 1 saturated heterocycles. The summed E-state index contributed by atoms with van der Waals surface area (Å²) in [7, 11) is 2.12. The lowest BCUT2D eigenvalue weighted by Crippen LogP contribution is -2.24. The molecule has 1 aliphatic heterocycles. The summed E-state index contributed by atoms with van der Waals surface area (Å²) in [4.78, 5) is 10.5. The van der Waals surface area contributed by atoms with Gasteiger partial charge in [-0.15, -0.1) is 0 Å². The van der Waals surface area contributed by atoms with Crippen molar-refractivity contribution in [2.75, 3.05) is 25.5 Å². The van der Waals surface area contributed by atoms with Gasteiger partial charge in [-0.05, 0) is 20.0 Å². The summed E-state index contributed by atoms with van der Waals surface area (Å²) < 4.78 is 0. The van der Waals surface area contributed by atoms with Gasteiger partial charge in [0.15, 0.2) is 0 Å². The molecule has 14 heavy (non-hydrogen) atoms. The fourth-order valence-electron chi connectivity index (χ4n) is 1.62. The van der Waals surface area contributed by atoms with Crippen molar-refractivity contribution < 1.29 is 0 Å². The summed E-state index contributed by atoms with van der Waals surface area (Å²) in [6.07, 6.45) is 4.35. The first kappa shape index (κ1) is 9.68. The molecule has 1 aromatic rings. The van der Waals surface area contributed by atoms with Crippen LogP contribution >= 0.6 is 11.6 Å². The van der Waals surface area contributed by atoms with E-state index in [1.165, 1.54) is 0 Å². The summed E-state index contributed by atoms with van der Waals surface area (Å²) in [5, 5.41) is 3.84. The number of anilines is 1. The summed E-state index contributed by atoms with van der Waals surface area (Å²) >= 11 is 5.69. The molecule has 2 heterocycles. The van der Waals surface area contributed by atoms with Crippen molar-refractivity contribution in [2.45, 2.75) is 12.5 Å². The van der Waals surface area contributed by atoms with E-state index in [1.54, 1.807) is 12.4 Å². The second-order valence-corrected chi connectivity index (χ2v) is 4.05. The van der Waals surface area contributed by atoms with Crippen molar-refractivity contribution in [1.29, 1.82) is 0 Å². The summed E-state index contributed by atoms with van der Waals surface area (Å²) in [6, 6.07) is 0.459. The lowest BCUT2D eigenvalue weighted by molar-refractivity contribution is 0.414. The minimum Gasteiger partial charge on any atom is -0.350 e. The fourth-order valence-corrected chi connectivity index (χ4v) is 1.72. The van der Waals surface area contributed by atoms with E-state index in [0.29, 0.717) is 17.0 Å². The zero-order valence-corrected chi connectivity index (χ0v) is 8.83. The highest BCUT2D eigenvalue weighted by Crippen LogP contribution is 2.12. The highest BCUT2D eigenvalue weighted by molar-refractivity contribution is 6.30. The molecule has 1 fully saturated rings. The van der Waals surface area contributed by atoms with Gasteiger partial charge in [-0.1, -0.05) is 11.6 Å². The van der Waals surface area contributed by atoms with Gasteiger partial charge in [0.2, 0.25) is 5.95 Å². The first-order valence-electron chi connectivity index (χ1n) is 4.66. The van der Waals surface area contributed by atoms with E-state index in [2.05, 4.69) is 27.2 Å². The predicted molar refractivity (Wildman–Crippen MR) is 56.6 cm³/mol. The van der Waals surface area contributed by atoms with Gasteiger partial charge in [0.05, 0.1) is 17.4 Å². The van der Waals surface area contributed by atoms with Crippen LogP contribution in [0.25, 0.3) is 0 Å².